The van der Waals surface area contributed by atoms with Gasteiger partial charge in [-0.2, -0.15) is 0 Å². The van der Waals surface area contributed by atoms with E-state index in [9.17, 15) is 0 Å². The van der Waals surface area contributed by atoms with E-state index in [1.165, 1.54) is 0 Å². The highest BCUT2D eigenvalue weighted by molar-refractivity contribution is 9.10. The third-order valence-electron chi connectivity index (χ3n) is 1.75. The molecule has 0 radical (unpaired) electrons. The van der Waals surface area contributed by atoms with Crippen molar-refractivity contribution in [2.45, 2.75) is 6.92 Å². The third-order valence-corrected chi connectivity index (χ3v) is 2.73. The zero-order valence-electron chi connectivity index (χ0n) is 6.38. The fraction of sp³-hybridized carbons (Fsp3) is 0.125. The van der Waals surface area contributed by atoms with Crippen LogP contribution in [0.1, 0.15) is 5.56 Å². The van der Waals surface area contributed by atoms with E-state index in [-0.39, 0.29) is 0 Å². The van der Waals surface area contributed by atoms with E-state index in [0.717, 1.165) is 20.8 Å². The van der Waals surface area contributed by atoms with Gasteiger partial charge in [0.15, 0.2) is 0 Å². The van der Waals surface area contributed by atoms with Crippen LogP contribution in [0.15, 0.2) is 23.1 Å². The number of aryl methyl sites for hydroxylation is 1. The summed E-state index contributed by atoms with van der Waals surface area (Å²) in [5.74, 6) is 0. The molecule has 0 aliphatic rings. The summed E-state index contributed by atoms with van der Waals surface area (Å²) in [5, 5.41) is 0.751. The summed E-state index contributed by atoms with van der Waals surface area (Å²) in [6.45, 7) is 1.96. The summed E-state index contributed by atoms with van der Waals surface area (Å²) < 4.78 is 2.81. The van der Waals surface area contributed by atoms with E-state index >= 15 is 0 Å². The lowest BCUT2D eigenvalue weighted by molar-refractivity contribution is 1.14. The molecule has 4 heteroatoms. The lowest BCUT2D eigenvalue weighted by Crippen LogP contribution is -1.86. The second-order valence-corrected chi connectivity index (χ2v) is 3.83. The van der Waals surface area contributed by atoms with Crippen LogP contribution in [-0.2, 0) is 0 Å². The van der Waals surface area contributed by atoms with E-state index in [4.69, 9.17) is 11.6 Å². The van der Waals surface area contributed by atoms with E-state index in [1.54, 1.807) is 6.20 Å². The molecule has 2 aromatic rings. The minimum atomic E-state index is 0.751. The fourth-order valence-corrected chi connectivity index (χ4v) is 1.60. The molecule has 2 heterocycles. The van der Waals surface area contributed by atoms with Gasteiger partial charge in [0.2, 0.25) is 0 Å². The molecule has 0 N–H and O–H groups in total. The summed E-state index contributed by atoms with van der Waals surface area (Å²) in [7, 11) is 0. The number of halogens is 2. The van der Waals surface area contributed by atoms with E-state index in [2.05, 4.69) is 20.9 Å². The molecule has 0 spiro atoms. The monoisotopic (exact) mass is 244 g/mol. The molecule has 0 saturated carbocycles. The van der Waals surface area contributed by atoms with Gasteiger partial charge in [0.1, 0.15) is 10.3 Å². The highest BCUT2D eigenvalue weighted by Crippen LogP contribution is 2.20. The molecular formula is C8H6BrClN2. The lowest BCUT2D eigenvalue weighted by atomic mass is 10.3. The number of fused-ring (bicyclic) bond motifs is 1. The zero-order valence-corrected chi connectivity index (χ0v) is 8.72. The molecular weight excluding hydrogens is 239 g/mol. The SMILES string of the molecule is Cc1cc2ncc(Br)n2cc1Cl. The zero-order chi connectivity index (χ0) is 8.72. The molecule has 0 aliphatic heterocycles. The van der Waals surface area contributed by atoms with Crippen molar-refractivity contribution in [1.29, 1.82) is 0 Å². The van der Waals surface area contributed by atoms with E-state index in [1.807, 2.05) is 23.6 Å². The Morgan fingerprint density at radius 3 is 3.08 bits per heavy atom. The molecule has 0 aromatic carbocycles. The molecule has 12 heavy (non-hydrogen) atoms. The van der Waals surface area contributed by atoms with Crippen molar-refractivity contribution in [1.82, 2.24) is 9.38 Å². The van der Waals surface area contributed by atoms with Crippen molar-refractivity contribution in [3.05, 3.63) is 33.6 Å². The molecule has 0 unspecified atom stereocenters. The third kappa shape index (κ3) is 1.13. The maximum Gasteiger partial charge on any atom is 0.137 e. The van der Waals surface area contributed by atoms with Gasteiger partial charge in [-0.15, -0.1) is 0 Å². The molecule has 62 valence electrons. The van der Waals surface area contributed by atoms with Crippen molar-refractivity contribution in [2.75, 3.05) is 0 Å². The largest absolute Gasteiger partial charge is 0.293 e. The topological polar surface area (TPSA) is 17.3 Å². The van der Waals surface area contributed by atoms with Crippen LogP contribution in [0, 0.1) is 6.92 Å². The quantitative estimate of drug-likeness (QED) is 0.697. The van der Waals surface area contributed by atoms with Crippen molar-refractivity contribution < 1.29 is 0 Å². The predicted molar refractivity (Wildman–Crippen MR) is 52.6 cm³/mol. The van der Waals surface area contributed by atoms with Gasteiger partial charge in [-0.1, -0.05) is 11.6 Å². The standard InChI is InChI=1S/C8H6BrClN2/c1-5-2-8-11-3-7(9)12(8)4-6(5)10/h2-4H,1H3. The van der Waals surface area contributed by atoms with Crippen LogP contribution < -0.4 is 0 Å². The Balaban J connectivity index is 2.87. The normalized spacial score (nSPS) is 10.9. The Labute approximate surface area is 83.3 Å². The van der Waals surface area contributed by atoms with Gasteiger partial charge in [-0.05, 0) is 34.5 Å². The summed E-state index contributed by atoms with van der Waals surface area (Å²) in [6, 6.07) is 1.95. The summed E-state index contributed by atoms with van der Waals surface area (Å²) in [6.07, 6.45) is 3.61. The van der Waals surface area contributed by atoms with Gasteiger partial charge < -0.3 is 0 Å². The summed E-state index contributed by atoms with van der Waals surface area (Å²) >= 11 is 9.31. The van der Waals surface area contributed by atoms with Crippen LogP contribution >= 0.6 is 27.5 Å². The van der Waals surface area contributed by atoms with Crippen LogP contribution in [-0.4, -0.2) is 9.38 Å². The summed E-state index contributed by atoms with van der Waals surface area (Å²) in [4.78, 5) is 4.18. The fourth-order valence-electron chi connectivity index (χ4n) is 1.07. The smallest absolute Gasteiger partial charge is 0.137 e. The van der Waals surface area contributed by atoms with Crippen molar-refractivity contribution in [3.8, 4) is 0 Å². The Hall–Kier alpha value is -0.540. The van der Waals surface area contributed by atoms with Gasteiger partial charge in [-0.3, -0.25) is 4.40 Å². The lowest BCUT2D eigenvalue weighted by Gasteiger charge is -1.99. The van der Waals surface area contributed by atoms with Crippen LogP contribution in [0.4, 0.5) is 0 Å². The molecule has 0 bridgehead atoms. The molecule has 0 aliphatic carbocycles. The maximum absolute atomic E-state index is 5.95. The highest BCUT2D eigenvalue weighted by Gasteiger charge is 2.02. The number of hydrogen-bond donors (Lipinski definition) is 0. The Kier molecular flexibility index (Phi) is 1.85. The molecule has 2 aromatic heterocycles. The van der Waals surface area contributed by atoms with Crippen molar-refractivity contribution in [2.24, 2.45) is 0 Å². The van der Waals surface area contributed by atoms with Gasteiger partial charge in [0, 0.05) is 6.20 Å². The van der Waals surface area contributed by atoms with Crippen LogP contribution in [0.25, 0.3) is 5.65 Å². The average Bonchev–Trinajstić information content (AvgIpc) is 2.35. The van der Waals surface area contributed by atoms with E-state index < -0.39 is 0 Å². The minimum absolute atomic E-state index is 0.751. The first-order valence-electron chi connectivity index (χ1n) is 3.47. The Bertz CT molecular complexity index is 436. The molecule has 0 atom stereocenters. The van der Waals surface area contributed by atoms with Crippen molar-refractivity contribution in [3.63, 3.8) is 0 Å². The average molecular weight is 246 g/mol. The number of nitrogens with zero attached hydrogens (tertiary/aromatic N) is 2. The number of aromatic nitrogens is 2. The van der Waals surface area contributed by atoms with Gasteiger partial charge in [-0.25, -0.2) is 4.98 Å². The molecule has 0 amide bonds. The first-order chi connectivity index (χ1) is 5.68. The van der Waals surface area contributed by atoms with Crippen molar-refractivity contribution >= 4 is 33.2 Å². The number of pyridine rings is 1. The van der Waals surface area contributed by atoms with Gasteiger partial charge in [0.05, 0.1) is 11.2 Å². The number of hydrogen-bond acceptors (Lipinski definition) is 1. The maximum atomic E-state index is 5.95. The number of imidazole rings is 1. The van der Waals surface area contributed by atoms with E-state index in [0.29, 0.717) is 0 Å². The molecule has 0 fully saturated rings. The minimum Gasteiger partial charge on any atom is -0.293 e. The molecule has 2 rings (SSSR count). The predicted octanol–water partition coefficient (Wildman–Crippen LogP) is 3.06. The first-order valence-corrected chi connectivity index (χ1v) is 4.64. The molecule has 2 nitrogen and oxygen atoms in total. The second kappa shape index (κ2) is 2.75. The van der Waals surface area contributed by atoms with Crippen LogP contribution in [0.5, 0.6) is 0 Å². The first kappa shape index (κ1) is 8.08. The van der Waals surface area contributed by atoms with Crippen LogP contribution in [0.3, 0.4) is 0 Å². The Morgan fingerprint density at radius 1 is 1.58 bits per heavy atom. The molecule has 0 saturated heterocycles. The van der Waals surface area contributed by atoms with Gasteiger partial charge in [0.25, 0.3) is 0 Å². The second-order valence-electron chi connectivity index (χ2n) is 2.61. The van der Waals surface area contributed by atoms with Crippen LogP contribution in [0.2, 0.25) is 5.02 Å². The number of rotatable bonds is 0. The van der Waals surface area contributed by atoms with Gasteiger partial charge >= 0.3 is 0 Å². The Morgan fingerprint density at radius 2 is 2.33 bits per heavy atom. The summed E-state index contributed by atoms with van der Waals surface area (Å²) in [5.41, 5.74) is 1.95. The highest BCUT2D eigenvalue weighted by atomic mass is 79.9.